The van der Waals surface area contributed by atoms with Crippen molar-refractivity contribution in [1.82, 2.24) is 10.3 Å². The van der Waals surface area contributed by atoms with Gasteiger partial charge in [-0.05, 0) is 24.6 Å². The highest BCUT2D eigenvalue weighted by atomic mass is 35.5. The van der Waals surface area contributed by atoms with Crippen molar-refractivity contribution in [3.8, 4) is 5.88 Å². The van der Waals surface area contributed by atoms with Gasteiger partial charge in [0, 0.05) is 25.4 Å². The van der Waals surface area contributed by atoms with E-state index >= 15 is 0 Å². The summed E-state index contributed by atoms with van der Waals surface area (Å²) < 4.78 is 5.67. The molecule has 0 aliphatic carbocycles. The zero-order valence-electron chi connectivity index (χ0n) is 11.1. The van der Waals surface area contributed by atoms with Crippen LogP contribution in [0.1, 0.15) is 12.5 Å². The van der Waals surface area contributed by atoms with Gasteiger partial charge in [-0.1, -0.05) is 41.4 Å². The summed E-state index contributed by atoms with van der Waals surface area (Å²) in [5.41, 5.74) is 0.976. The summed E-state index contributed by atoms with van der Waals surface area (Å²) in [4.78, 5) is 4.12. The van der Waals surface area contributed by atoms with Crippen molar-refractivity contribution >= 4 is 23.2 Å². The molecule has 0 bridgehead atoms. The molecule has 0 spiro atoms. The van der Waals surface area contributed by atoms with Crippen molar-refractivity contribution in [2.75, 3.05) is 6.54 Å². The summed E-state index contributed by atoms with van der Waals surface area (Å²) in [6.45, 7) is 3.33. The van der Waals surface area contributed by atoms with Crippen LogP contribution in [0.5, 0.6) is 5.88 Å². The predicted octanol–water partition coefficient (Wildman–Crippen LogP) is 3.95. The average Bonchev–Trinajstić information content (AvgIpc) is 2.44. The molecule has 20 heavy (non-hydrogen) atoms. The molecule has 0 aliphatic heterocycles. The van der Waals surface area contributed by atoms with Crippen LogP contribution in [-0.4, -0.2) is 17.6 Å². The molecule has 0 saturated heterocycles. The van der Waals surface area contributed by atoms with Crippen LogP contribution in [-0.2, 0) is 6.54 Å². The van der Waals surface area contributed by atoms with E-state index in [1.165, 1.54) is 0 Å². The van der Waals surface area contributed by atoms with Gasteiger partial charge in [0.1, 0.15) is 6.10 Å². The SMILES string of the molecule is C[C@H](CNCc1cccc(Cl)c1Cl)Oc1ccccn1. The monoisotopic (exact) mass is 310 g/mol. The lowest BCUT2D eigenvalue weighted by atomic mass is 10.2. The molecule has 0 unspecified atom stereocenters. The van der Waals surface area contributed by atoms with Crippen LogP contribution >= 0.6 is 23.2 Å². The fraction of sp³-hybridized carbons (Fsp3) is 0.267. The highest BCUT2D eigenvalue weighted by Crippen LogP contribution is 2.25. The van der Waals surface area contributed by atoms with E-state index < -0.39 is 0 Å². The van der Waals surface area contributed by atoms with Crippen molar-refractivity contribution < 1.29 is 4.74 Å². The molecule has 2 aromatic rings. The lowest BCUT2D eigenvalue weighted by Crippen LogP contribution is -2.28. The number of aromatic nitrogens is 1. The zero-order chi connectivity index (χ0) is 14.4. The number of hydrogen-bond acceptors (Lipinski definition) is 3. The molecule has 2 rings (SSSR count). The van der Waals surface area contributed by atoms with Crippen LogP contribution in [0.3, 0.4) is 0 Å². The van der Waals surface area contributed by atoms with Crippen molar-refractivity contribution in [1.29, 1.82) is 0 Å². The molecule has 1 aromatic carbocycles. The summed E-state index contributed by atoms with van der Waals surface area (Å²) in [5, 5.41) is 4.46. The Morgan fingerprint density at radius 2 is 2.05 bits per heavy atom. The lowest BCUT2D eigenvalue weighted by molar-refractivity contribution is 0.208. The first kappa shape index (κ1) is 15.1. The molecule has 0 aliphatic rings. The molecule has 5 heteroatoms. The molecule has 0 radical (unpaired) electrons. The van der Waals surface area contributed by atoms with Crippen molar-refractivity contribution in [3.05, 3.63) is 58.2 Å². The fourth-order valence-electron chi connectivity index (χ4n) is 1.76. The van der Waals surface area contributed by atoms with Crippen LogP contribution in [0.2, 0.25) is 10.0 Å². The minimum Gasteiger partial charge on any atom is -0.473 e. The largest absolute Gasteiger partial charge is 0.473 e. The topological polar surface area (TPSA) is 34.1 Å². The maximum atomic E-state index is 6.13. The van der Waals surface area contributed by atoms with Crippen LogP contribution < -0.4 is 10.1 Å². The van der Waals surface area contributed by atoms with Gasteiger partial charge in [0.05, 0.1) is 10.0 Å². The van der Waals surface area contributed by atoms with Gasteiger partial charge in [0.25, 0.3) is 0 Å². The Bertz CT molecular complexity index is 549. The molecular weight excluding hydrogens is 295 g/mol. The van der Waals surface area contributed by atoms with Crippen LogP contribution in [0.25, 0.3) is 0 Å². The molecule has 1 heterocycles. The summed E-state index contributed by atoms with van der Waals surface area (Å²) >= 11 is 12.1. The summed E-state index contributed by atoms with van der Waals surface area (Å²) in [7, 11) is 0. The van der Waals surface area contributed by atoms with Crippen molar-refractivity contribution in [2.24, 2.45) is 0 Å². The first-order chi connectivity index (χ1) is 9.66. The van der Waals surface area contributed by atoms with Crippen LogP contribution in [0, 0.1) is 0 Å². The zero-order valence-corrected chi connectivity index (χ0v) is 12.7. The quantitative estimate of drug-likeness (QED) is 0.877. The number of pyridine rings is 1. The molecule has 1 atom stereocenters. The first-order valence-electron chi connectivity index (χ1n) is 6.38. The van der Waals surface area contributed by atoms with Crippen LogP contribution in [0.4, 0.5) is 0 Å². The Morgan fingerprint density at radius 1 is 1.20 bits per heavy atom. The van der Waals surface area contributed by atoms with Gasteiger partial charge in [0.2, 0.25) is 5.88 Å². The number of nitrogens with one attached hydrogen (secondary N) is 1. The molecule has 0 fully saturated rings. The number of nitrogens with zero attached hydrogens (tertiary/aromatic N) is 1. The highest BCUT2D eigenvalue weighted by Gasteiger charge is 2.07. The minimum atomic E-state index is 0.0165. The Hall–Kier alpha value is -1.29. The Morgan fingerprint density at radius 3 is 2.80 bits per heavy atom. The Labute approximate surface area is 128 Å². The minimum absolute atomic E-state index is 0.0165. The maximum absolute atomic E-state index is 6.13. The molecule has 1 N–H and O–H groups in total. The third kappa shape index (κ3) is 4.37. The smallest absolute Gasteiger partial charge is 0.213 e. The first-order valence-corrected chi connectivity index (χ1v) is 7.13. The summed E-state index contributed by atoms with van der Waals surface area (Å²) in [6.07, 6.45) is 1.73. The van der Waals surface area contributed by atoms with E-state index in [1.54, 1.807) is 12.3 Å². The standard InChI is InChI=1S/C15H16Cl2N2O/c1-11(20-14-7-2-3-8-19-14)9-18-10-12-5-4-6-13(16)15(12)17/h2-8,11,18H,9-10H2,1H3/t11-/m1/s1. The molecule has 0 amide bonds. The lowest BCUT2D eigenvalue weighted by Gasteiger charge is -2.15. The van der Waals surface area contributed by atoms with Gasteiger partial charge in [-0.15, -0.1) is 0 Å². The molecule has 0 saturated carbocycles. The second-order valence-electron chi connectivity index (χ2n) is 4.44. The molecule has 106 valence electrons. The number of benzene rings is 1. The van der Waals surface area contributed by atoms with Gasteiger partial charge in [0.15, 0.2) is 0 Å². The number of halogens is 2. The number of rotatable bonds is 6. The van der Waals surface area contributed by atoms with E-state index in [1.807, 2.05) is 37.3 Å². The van der Waals surface area contributed by atoms with E-state index in [9.17, 15) is 0 Å². The molecule has 1 aromatic heterocycles. The van der Waals surface area contributed by atoms with Gasteiger partial charge in [-0.3, -0.25) is 0 Å². The third-order valence-corrected chi connectivity index (χ3v) is 3.60. The average molecular weight is 311 g/mol. The van der Waals surface area contributed by atoms with E-state index in [0.717, 1.165) is 5.56 Å². The van der Waals surface area contributed by atoms with E-state index in [-0.39, 0.29) is 6.10 Å². The Balaban J connectivity index is 1.79. The van der Waals surface area contributed by atoms with Crippen LogP contribution in [0.15, 0.2) is 42.6 Å². The normalized spacial score (nSPS) is 12.2. The van der Waals surface area contributed by atoms with Gasteiger partial charge < -0.3 is 10.1 Å². The van der Waals surface area contributed by atoms with E-state index in [0.29, 0.717) is 29.0 Å². The van der Waals surface area contributed by atoms with Gasteiger partial charge in [-0.25, -0.2) is 4.98 Å². The highest BCUT2D eigenvalue weighted by molar-refractivity contribution is 6.42. The second-order valence-corrected chi connectivity index (χ2v) is 5.23. The van der Waals surface area contributed by atoms with E-state index in [4.69, 9.17) is 27.9 Å². The van der Waals surface area contributed by atoms with Crippen molar-refractivity contribution in [2.45, 2.75) is 19.6 Å². The Kier molecular flexibility index (Phi) is 5.65. The molecular formula is C15H16Cl2N2O. The summed E-state index contributed by atoms with van der Waals surface area (Å²) in [5.74, 6) is 0.627. The van der Waals surface area contributed by atoms with E-state index in [2.05, 4.69) is 10.3 Å². The fourth-order valence-corrected chi connectivity index (χ4v) is 2.15. The summed E-state index contributed by atoms with van der Waals surface area (Å²) in [6, 6.07) is 11.2. The number of hydrogen-bond donors (Lipinski definition) is 1. The van der Waals surface area contributed by atoms with Crippen molar-refractivity contribution in [3.63, 3.8) is 0 Å². The molecule has 3 nitrogen and oxygen atoms in total. The van der Waals surface area contributed by atoms with Gasteiger partial charge in [-0.2, -0.15) is 0 Å². The predicted molar refractivity (Wildman–Crippen MR) is 82.5 cm³/mol. The maximum Gasteiger partial charge on any atom is 0.213 e. The second kappa shape index (κ2) is 7.48. The number of ether oxygens (including phenoxy) is 1. The van der Waals surface area contributed by atoms with Gasteiger partial charge >= 0.3 is 0 Å². The third-order valence-electron chi connectivity index (χ3n) is 2.74.